The van der Waals surface area contributed by atoms with Crippen molar-refractivity contribution < 1.29 is 4.79 Å². The Morgan fingerprint density at radius 3 is 3.07 bits per heavy atom. The number of hydrogen-bond acceptors (Lipinski definition) is 3. The number of nitrogens with zero attached hydrogens (tertiary/aromatic N) is 3. The first-order valence-electron chi connectivity index (χ1n) is 4.46. The Labute approximate surface area is 81.6 Å². The molecular formula is C10H11N3O. The molecule has 0 aromatic carbocycles. The lowest BCUT2D eigenvalue weighted by atomic mass is 10.1. The number of Topliss-reactive ketones (excluding diaryl/α,β-unsaturated/α-hetero) is 1. The number of aromatic nitrogens is 3. The molecule has 2 rings (SSSR count). The second kappa shape index (κ2) is 3.21. The smallest absolute Gasteiger partial charge is 0.155 e. The average Bonchev–Trinajstić information content (AvgIpc) is 2.42. The summed E-state index contributed by atoms with van der Waals surface area (Å²) in [6, 6.07) is 3.78. The number of aryl methyl sites for hydroxylation is 1. The van der Waals surface area contributed by atoms with E-state index in [1.807, 2.05) is 25.3 Å². The van der Waals surface area contributed by atoms with Crippen LogP contribution in [0, 0.1) is 6.92 Å². The summed E-state index contributed by atoms with van der Waals surface area (Å²) in [6.45, 7) is 3.43. The van der Waals surface area contributed by atoms with E-state index in [-0.39, 0.29) is 5.78 Å². The van der Waals surface area contributed by atoms with E-state index in [2.05, 4.69) is 10.1 Å². The van der Waals surface area contributed by atoms with Gasteiger partial charge in [-0.3, -0.25) is 4.79 Å². The van der Waals surface area contributed by atoms with Crippen molar-refractivity contribution in [2.45, 2.75) is 20.3 Å². The highest BCUT2D eigenvalue weighted by atomic mass is 16.1. The third-order valence-corrected chi connectivity index (χ3v) is 1.96. The highest BCUT2D eigenvalue weighted by Gasteiger charge is 2.02. The van der Waals surface area contributed by atoms with Gasteiger partial charge in [-0.05, 0) is 31.5 Å². The van der Waals surface area contributed by atoms with Crippen LogP contribution in [0.5, 0.6) is 0 Å². The second-order valence-corrected chi connectivity index (χ2v) is 3.38. The molecule has 0 aliphatic heterocycles. The molecule has 4 heteroatoms. The lowest BCUT2D eigenvalue weighted by Crippen LogP contribution is -1.97. The Kier molecular flexibility index (Phi) is 2.04. The quantitative estimate of drug-likeness (QED) is 0.712. The number of rotatable bonds is 2. The molecule has 0 aliphatic carbocycles. The van der Waals surface area contributed by atoms with Crippen molar-refractivity contribution in [1.29, 1.82) is 0 Å². The van der Waals surface area contributed by atoms with Gasteiger partial charge in [-0.1, -0.05) is 0 Å². The molecule has 4 nitrogen and oxygen atoms in total. The zero-order chi connectivity index (χ0) is 10.1. The molecule has 0 saturated carbocycles. The van der Waals surface area contributed by atoms with Gasteiger partial charge in [0.25, 0.3) is 0 Å². The van der Waals surface area contributed by atoms with Crippen molar-refractivity contribution in [3.8, 4) is 0 Å². The van der Waals surface area contributed by atoms with Crippen molar-refractivity contribution in [1.82, 2.24) is 14.6 Å². The van der Waals surface area contributed by atoms with Gasteiger partial charge in [-0.15, -0.1) is 0 Å². The molecular weight excluding hydrogens is 178 g/mol. The second-order valence-electron chi connectivity index (χ2n) is 3.38. The van der Waals surface area contributed by atoms with Gasteiger partial charge in [0.1, 0.15) is 11.6 Å². The number of ketones is 1. The van der Waals surface area contributed by atoms with Gasteiger partial charge in [0.05, 0.1) is 0 Å². The third-order valence-electron chi connectivity index (χ3n) is 1.96. The molecule has 14 heavy (non-hydrogen) atoms. The summed E-state index contributed by atoms with van der Waals surface area (Å²) < 4.78 is 1.71. The monoisotopic (exact) mass is 189 g/mol. The highest BCUT2D eigenvalue weighted by molar-refractivity contribution is 5.78. The Balaban J connectivity index is 2.45. The fourth-order valence-electron chi connectivity index (χ4n) is 1.43. The van der Waals surface area contributed by atoms with Crippen LogP contribution in [0.15, 0.2) is 18.3 Å². The first-order valence-corrected chi connectivity index (χ1v) is 4.46. The maximum Gasteiger partial charge on any atom is 0.155 e. The van der Waals surface area contributed by atoms with Crippen molar-refractivity contribution in [2.75, 3.05) is 0 Å². The minimum absolute atomic E-state index is 0.158. The van der Waals surface area contributed by atoms with Crippen molar-refractivity contribution in [3.05, 3.63) is 29.7 Å². The van der Waals surface area contributed by atoms with Crippen LogP contribution < -0.4 is 0 Å². The lowest BCUT2D eigenvalue weighted by Gasteiger charge is -1.97. The van der Waals surface area contributed by atoms with Crippen LogP contribution in [0.3, 0.4) is 0 Å². The normalized spacial score (nSPS) is 10.7. The van der Waals surface area contributed by atoms with Crippen LogP contribution in [-0.2, 0) is 11.2 Å². The summed E-state index contributed by atoms with van der Waals surface area (Å²) in [5.41, 5.74) is 1.78. The van der Waals surface area contributed by atoms with Crippen LogP contribution in [0.25, 0.3) is 5.65 Å². The average molecular weight is 189 g/mol. The molecule has 72 valence electrons. The molecule has 0 fully saturated rings. The predicted octanol–water partition coefficient (Wildman–Crippen LogP) is 1.17. The number of hydrogen-bond donors (Lipinski definition) is 0. The van der Waals surface area contributed by atoms with Crippen LogP contribution in [0.1, 0.15) is 18.3 Å². The lowest BCUT2D eigenvalue weighted by molar-refractivity contribution is -0.116. The molecule has 0 N–H and O–H groups in total. The molecule has 0 saturated heterocycles. The number of fused-ring (bicyclic) bond motifs is 1. The van der Waals surface area contributed by atoms with Crippen LogP contribution in [0.4, 0.5) is 0 Å². The minimum atomic E-state index is 0.158. The van der Waals surface area contributed by atoms with Gasteiger partial charge >= 0.3 is 0 Å². The summed E-state index contributed by atoms with van der Waals surface area (Å²) in [5.74, 6) is 0.899. The Bertz CT molecular complexity index is 487. The molecule has 2 heterocycles. The first kappa shape index (κ1) is 8.87. The van der Waals surface area contributed by atoms with Crippen molar-refractivity contribution >= 4 is 11.4 Å². The third kappa shape index (κ3) is 1.64. The summed E-state index contributed by atoms with van der Waals surface area (Å²) in [7, 11) is 0. The van der Waals surface area contributed by atoms with Gasteiger partial charge in [0.15, 0.2) is 5.65 Å². The van der Waals surface area contributed by atoms with E-state index in [1.165, 1.54) is 0 Å². The van der Waals surface area contributed by atoms with E-state index in [4.69, 9.17) is 0 Å². The first-order chi connectivity index (χ1) is 6.65. The molecule has 0 spiro atoms. The van der Waals surface area contributed by atoms with Crippen LogP contribution in [-0.4, -0.2) is 20.4 Å². The van der Waals surface area contributed by atoms with Gasteiger partial charge in [-0.25, -0.2) is 9.50 Å². The fraction of sp³-hybridized carbons (Fsp3) is 0.300. The summed E-state index contributed by atoms with van der Waals surface area (Å²) in [6.07, 6.45) is 2.29. The fourth-order valence-corrected chi connectivity index (χ4v) is 1.43. The highest BCUT2D eigenvalue weighted by Crippen LogP contribution is 2.06. The zero-order valence-corrected chi connectivity index (χ0v) is 8.19. The van der Waals surface area contributed by atoms with Crippen molar-refractivity contribution in [2.24, 2.45) is 0 Å². The Hall–Kier alpha value is -1.71. The molecule has 0 unspecified atom stereocenters. The van der Waals surface area contributed by atoms with Gasteiger partial charge < -0.3 is 0 Å². The van der Waals surface area contributed by atoms with Crippen LogP contribution >= 0.6 is 0 Å². The van der Waals surface area contributed by atoms with E-state index in [1.54, 1.807) is 11.4 Å². The molecule has 0 bridgehead atoms. The van der Waals surface area contributed by atoms with E-state index < -0.39 is 0 Å². The van der Waals surface area contributed by atoms with E-state index >= 15 is 0 Å². The SMILES string of the molecule is CC(=O)Cc1ccn2nc(C)nc2c1. The minimum Gasteiger partial charge on any atom is -0.300 e. The molecule has 2 aromatic rings. The maximum atomic E-state index is 10.9. The van der Waals surface area contributed by atoms with Gasteiger partial charge in [-0.2, -0.15) is 5.10 Å². The molecule has 0 atom stereocenters. The zero-order valence-electron chi connectivity index (χ0n) is 8.19. The Morgan fingerprint density at radius 2 is 2.36 bits per heavy atom. The van der Waals surface area contributed by atoms with E-state index in [0.717, 1.165) is 17.0 Å². The van der Waals surface area contributed by atoms with Crippen molar-refractivity contribution in [3.63, 3.8) is 0 Å². The molecule has 0 radical (unpaired) electrons. The molecule has 0 amide bonds. The molecule has 0 aliphatic rings. The van der Waals surface area contributed by atoms with Gasteiger partial charge in [0.2, 0.25) is 0 Å². The summed E-state index contributed by atoms with van der Waals surface area (Å²) in [4.78, 5) is 15.1. The number of pyridine rings is 1. The Morgan fingerprint density at radius 1 is 1.57 bits per heavy atom. The topological polar surface area (TPSA) is 47.3 Å². The van der Waals surface area contributed by atoms with Gasteiger partial charge in [0, 0.05) is 12.6 Å². The summed E-state index contributed by atoms with van der Waals surface area (Å²) in [5, 5.41) is 4.15. The molecule has 2 aromatic heterocycles. The maximum absolute atomic E-state index is 10.9. The number of carbonyl (C=O) groups is 1. The van der Waals surface area contributed by atoms with Crippen LogP contribution in [0.2, 0.25) is 0 Å². The van der Waals surface area contributed by atoms with E-state index in [0.29, 0.717) is 6.42 Å². The number of carbonyl (C=O) groups excluding carboxylic acids is 1. The largest absolute Gasteiger partial charge is 0.300 e. The van der Waals surface area contributed by atoms with E-state index in [9.17, 15) is 4.79 Å². The summed E-state index contributed by atoms with van der Waals surface area (Å²) >= 11 is 0. The predicted molar refractivity (Wildman–Crippen MR) is 52.1 cm³/mol. The standard InChI is InChI=1S/C10H11N3O/c1-7(14)5-9-3-4-13-10(6-9)11-8(2)12-13/h3-4,6H,5H2,1-2H3.